The molecule has 5 aromatic rings. The fourth-order valence-electron chi connectivity index (χ4n) is 4.13. The molecule has 0 atom stereocenters. The van der Waals surface area contributed by atoms with E-state index in [1.165, 1.54) is 36.4 Å². The Bertz CT molecular complexity index is 1570. The van der Waals surface area contributed by atoms with Crippen molar-refractivity contribution in [1.82, 2.24) is 4.98 Å². The summed E-state index contributed by atoms with van der Waals surface area (Å²) >= 11 is 0. The summed E-state index contributed by atoms with van der Waals surface area (Å²) in [6.07, 6.45) is 5.48. The van der Waals surface area contributed by atoms with Gasteiger partial charge in [0.1, 0.15) is 5.58 Å². The number of carbonyl (C=O) groups excluding carboxylic acids is 1. The first-order valence-corrected chi connectivity index (χ1v) is 10.3. The predicted octanol–water partition coefficient (Wildman–Crippen LogP) is 7.12. The van der Waals surface area contributed by atoms with Crippen LogP contribution in [0.4, 0.5) is 0 Å². The molecule has 5 heteroatoms. The topological polar surface area (TPSA) is 63.3 Å². The van der Waals surface area contributed by atoms with Crippen LogP contribution in [0.2, 0.25) is 0 Å². The molecular formula is C28H20IrNO3-. The number of nitrogens with zero attached hydrogens (tertiary/aromatic N) is 1. The van der Waals surface area contributed by atoms with E-state index in [0.29, 0.717) is 0 Å². The van der Waals surface area contributed by atoms with Gasteiger partial charge in [-0.15, -0.1) is 17.7 Å². The molecule has 1 N–H and O–H groups in total. The average molecular weight is 611 g/mol. The number of furan rings is 1. The maximum Gasteiger partial charge on any atom is 0.155 e. The third-order valence-electron chi connectivity index (χ3n) is 5.34. The van der Waals surface area contributed by atoms with Gasteiger partial charge in [-0.05, 0) is 48.2 Å². The number of carbonyl (C=O) groups is 1. The average Bonchev–Trinajstić information content (AvgIpc) is 3.35. The molecular weight excluding hydrogens is 591 g/mol. The Morgan fingerprint density at radius 1 is 0.970 bits per heavy atom. The van der Waals surface area contributed by atoms with Crippen LogP contribution in [0.25, 0.3) is 56.3 Å². The van der Waals surface area contributed by atoms with E-state index in [4.69, 9.17) is 14.5 Å². The molecule has 0 saturated heterocycles. The molecule has 0 spiro atoms. The quantitative estimate of drug-likeness (QED) is 0.129. The number of aromatic nitrogens is 1. The minimum absolute atomic E-state index is 0. The Labute approximate surface area is 204 Å². The maximum absolute atomic E-state index is 10.0. The minimum atomic E-state index is -0.125. The molecule has 0 aliphatic heterocycles. The second-order valence-electron chi connectivity index (χ2n) is 7.76. The number of hydrogen-bond acceptors (Lipinski definition) is 4. The first kappa shape index (κ1) is 22.7. The number of aliphatic hydroxyl groups excluding tert-OH is 1. The van der Waals surface area contributed by atoms with Crippen molar-refractivity contribution in [2.24, 2.45) is 0 Å². The van der Waals surface area contributed by atoms with Crippen molar-refractivity contribution >= 4 is 50.8 Å². The van der Waals surface area contributed by atoms with Gasteiger partial charge in [0.05, 0.1) is 16.9 Å². The fraction of sp³-hybridized carbons (Fsp3) is 0.0714. The van der Waals surface area contributed by atoms with Gasteiger partial charge in [-0.3, -0.25) is 9.78 Å². The van der Waals surface area contributed by atoms with E-state index < -0.39 is 0 Å². The van der Waals surface area contributed by atoms with Crippen LogP contribution in [-0.2, 0) is 24.9 Å². The summed E-state index contributed by atoms with van der Waals surface area (Å²) in [5.41, 5.74) is 7.17. The third-order valence-corrected chi connectivity index (χ3v) is 5.34. The zero-order valence-electron chi connectivity index (χ0n) is 18.0. The van der Waals surface area contributed by atoms with Gasteiger partial charge in [0.15, 0.2) is 5.78 Å². The van der Waals surface area contributed by atoms with Crippen molar-refractivity contribution < 1.29 is 34.4 Å². The zero-order chi connectivity index (χ0) is 22.2. The summed E-state index contributed by atoms with van der Waals surface area (Å²) in [5, 5.41) is 11.8. The van der Waals surface area contributed by atoms with Gasteiger partial charge in [-0.1, -0.05) is 60.0 Å². The van der Waals surface area contributed by atoms with Crippen LogP contribution in [0, 0.1) is 6.07 Å². The second kappa shape index (κ2) is 9.14. The van der Waals surface area contributed by atoms with Gasteiger partial charge in [0, 0.05) is 31.6 Å². The fourth-order valence-corrected chi connectivity index (χ4v) is 4.13. The molecule has 2 heterocycles. The van der Waals surface area contributed by atoms with E-state index in [1.807, 2.05) is 30.3 Å². The van der Waals surface area contributed by atoms with Crippen LogP contribution in [0.15, 0.2) is 76.9 Å². The number of aliphatic hydroxyl groups is 1. The molecule has 6 rings (SSSR count). The predicted molar refractivity (Wildman–Crippen MR) is 129 cm³/mol. The molecule has 0 amide bonds. The van der Waals surface area contributed by atoms with Crippen molar-refractivity contribution in [3.63, 3.8) is 0 Å². The van der Waals surface area contributed by atoms with Crippen molar-refractivity contribution in [1.29, 1.82) is 0 Å². The summed E-state index contributed by atoms with van der Waals surface area (Å²) < 4.78 is 6.01. The van der Waals surface area contributed by atoms with Gasteiger partial charge in [0.25, 0.3) is 0 Å². The Morgan fingerprint density at radius 3 is 2.52 bits per heavy atom. The monoisotopic (exact) mass is 611 g/mol. The molecule has 0 unspecified atom stereocenters. The van der Waals surface area contributed by atoms with E-state index in [9.17, 15) is 4.79 Å². The zero-order valence-corrected chi connectivity index (χ0v) is 20.4. The Morgan fingerprint density at radius 2 is 1.76 bits per heavy atom. The SMILES string of the molecule is CC(=O)C=C(C)O.[Ir].[c-]1ccc2oc3ccccc3c2c1-c1cc2c3c(cccc3n1)C=C2. The van der Waals surface area contributed by atoms with Crippen molar-refractivity contribution in [3.8, 4) is 11.3 Å². The number of ketones is 1. The summed E-state index contributed by atoms with van der Waals surface area (Å²) in [6, 6.07) is 23.8. The second-order valence-corrected chi connectivity index (χ2v) is 7.76. The summed E-state index contributed by atoms with van der Waals surface area (Å²) in [4.78, 5) is 14.9. The number of hydrogen-bond donors (Lipinski definition) is 1. The van der Waals surface area contributed by atoms with E-state index in [0.717, 1.165) is 38.7 Å². The van der Waals surface area contributed by atoms with Gasteiger partial charge in [-0.2, -0.15) is 0 Å². The first-order valence-electron chi connectivity index (χ1n) is 10.3. The smallest absolute Gasteiger partial charge is 0.155 e. The van der Waals surface area contributed by atoms with Crippen molar-refractivity contribution in [3.05, 3.63) is 89.7 Å². The largest absolute Gasteiger partial charge is 0.512 e. The Kier molecular flexibility index (Phi) is 6.28. The minimum Gasteiger partial charge on any atom is -0.512 e. The van der Waals surface area contributed by atoms with Crippen LogP contribution in [0.3, 0.4) is 0 Å². The molecule has 1 aliphatic rings. The number of rotatable bonds is 2. The summed E-state index contributed by atoms with van der Waals surface area (Å²) in [7, 11) is 0. The van der Waals surface area contributed by atoms with Crippen molar-refractivity contribution in [2.45, 2.75) is 13.8 Å². The number of benzene rings is 3. The Hall–Kier alpha value is -3.53. The molecule has 4 nitrogen and oxygen atoms in total. The van der Waals surface area contributed by atoms with Crippen molar-refractivity contribution in [2.75, 3.05) is 0 Å². The maximum atomic E-state index is 10.0. The van der Waals surface area contributed by atoms with Gasteiger partial charge in [0.2, 0.25) is 0 Å². The van der Waals surface area contributed by atoms with Crippen LogP contribution in [0.1, 0.15) is 25.0 Å². The molecule has 33 heavy (non-hydrogen) atoms. The van der Waals surface area contributed by atoms with Gasteiger partial charge < -0.3 is 9.52 Å². The molecule has 0 fully saturated rings. The normalized spacial score (nSPS) is 12.0. The van der Waals surface area contributed by atoms with Crippen LogP contribution < -0.4 is 0 Å². The van der Waals surface area contributed by atoms with Crippen LogP contribution in [0.5, 0.6) is 0 Å². The van der Waals surface area contributed by atoms with E-state index >= 15 is 0 Å². The number of para-hydroxylation sites is 1. The van der Waals surface area contributed by atoms with Gasteiger partial charge in [-0.25, -0.2) is 0 Å². The molecule has 2 aromatic heterocycles. The Balaban J connectivity index is 0.000000287. The van der Waals surface area contributed by atoms with E-state index in [-0.39, 0.29) is 31.6 Å². The number of allylic oxidation sites excluding steroid dienone is 2. The summed E-state index contributed by atoms with van der Waals surface area (Å²) in [5.74, 6) is -0.0625. The standard InChI is InChI=1S/C23H12NO.C5H8O2.Ir/c1-2-9-20-17(6-1)23-16(7-4-10-21(23)25-20)19-13-15-12-11-14-5-3-8-18(24-19)22(14)15;1-4(6)3-5(2)7;/h1-6,8-13H;3,6H,1-2H3;/q-1;;. The van der Waals surface area contributed by atoms with Crippen LogP contribution in [-0.4, -0.2) is 15.9 Å². The first-order chi connectivity index (χ1) is 15.5. The third kappa shape index (κ3) is 4.25. The van der Waals surface area contributed by atoms with E-state index in [2.05, 4.69) is 48.6 Å². The molecule has 1 aliphatic carbocycles. The van der Waals surface area contributed by atoms with Gasteiger partial charge >= 0.3 is 0 Å². The molecule has 3 aromatic carbocycles. The summed E-state index contributed by atoms with van der Waals surface area (Å²) in [6.45, 7) is 2.85. The van der Waals surface area contributed by atoms with E-state index in [1.54, 1.807) is 0 Å². The molecule has 165 valence electrons. The molecule has 0 bridgehead atoms. The molecule has 0 saturated carbocycles. The molecule has 1 radical (unpaired) electrons. The van der Waals surface area contributed by atoms with Crippen LogP contribution >= 0.6 is 0 Å². The number of fused-ring (bicyclic) bond motifs is 3. The number of pyridine rings is 1.